The predicted octanol–water partition coefficient (Wildman–Crippen LogP) is 1.41. The topological polar surface area (TPSA) is 51.8 Å². The van der Waals surface area contributed by atoms with Crippen molar-refractivity contribution in [2.24, 2.45) is 0 Å². The lowest BCUT2D eigenvalue weighted by Crippen LogP contribution is -1.80. The molecule has 0 aliphatic rings. The van der Waals surface area contributed by atoms with Crippen molar-refractivity contribution < 1.29 is 4.39 Å². The van der Waals surface area contributed by atoms with Crippen LogP contribution in [0.15, 0.2) is 12.3 Å². The van der Waals surface area contributed by atoms with Gasteiger partial charge in [0, 0.05) is 6.20 Å². The third-order valence-electron chi connectivity index (χ3n) is 1.28. The average molecular weight is 169 g/mol. The summed E-state index contributed by atoms with van der Waals surface area (Å²) in [5.41, 5.74) is 5.94. The van der Waals surface area contributed by atoms with Crippen LogP contribution in [0.4, 0.5) is 9.52 Å². The molecule has 3 nitrogen and oxygen atoms in total. The number of nitrogens with zero attached hydrogens (tertiary/aromatic N) is 2. The predicted molar refractivity (Wildman–Crippen MR) is 41.8 cm³/mol. The SMILES string of the molecule is Nc1nc2ccnc(F)c2s1. The van der Waals surface area contributed by atoms with Crippen LogP contribution in [-0.2, 0) is 0 Å². The number of nitrogen functional groups attached to an aromatic ring is 1. The first-order valence-electron chi connectivity index (χ1n) is 2.94. The van der Waals surface area contributed by atoms with Crippen molar-refractivity contribution in [1.29, 1.82) is 0 Å². The van der Waals surface area contributed by atoms with Crippen molar-refractivity contribution in [2.45, 2.75) is 0 Å². The maximum Gasteiger partial charge on any atom is 0.232 e. The number of hydrogen-bond acceptors (Lipinski definition) is 4. The first-order valence-corrected chi connectivity index (χ1v) is 3.75. The van der Waals surface area contributed by atoms with Crippen LogP contribution in [0.3, 0.4) is 0 Å². The smallest absolute Gasteiger partial charge is 0.232 e. The molecule has 2 aromatic rings. The van der Waals surface area contributed by atoms with Gasteiger partial charge in [-0.25, -0.2) is 9.97 Å². The monoisotopic (exact) mass is 169 g/mol. The molecule has 0 aliphatic carbocycles. The zero-order chi connectivity index (χ0) is 7.84. The van der Waals surface area contributed by atoms with Gasteiger partial charge in [-0.05, 0) is 6.07 Å². The molecule has 0 aliphatic heterocycles. The molecule has 2 N–H and O–H groups in total. The molecule has 11 heavy (non-hydrogen) atoms. The highest BCUT2D eigenvalue weighted by Gasteiger charge is 2.05. The molecule has 0 saturated carbocycles. The lowest BCUT2D eigenvalue weighted by atomic mass is 10.4. The third kappa shape index (κ3) is 0.932. The van der Waals surface area contributed by atoms with Gasteiger partial charge < -0.3 is 5.73 Å². The van der Waals surface area contributed by atoms with Crippen LogP contribution in [-0.4, -0.2) is 9.97 Å². The minimum absolute atomic E-state index is 0.368. The van der Waals surface area contributed by atoms with E-state index < -0.39 is 5.95 Å². The highest BCUT2D eigenvalue weighted by Crippen LogP contribution is 2.24. The van der Waals surface area contributed by atoms with E-state index in [2.05, 4.69) is 9.97 Å². The summed E-state index contributed by atoms with van der Waals surface area (Å²) in [4.78, 5) is 7.36. The Balaban J connectivity index is 2.90. The molecule has 0 aromatic carbocycles. The number of aromatic nitrogens is 2. The van der Waals surface area contributed by atoms with E-state index in [-0.39, 0.29) is 0 Å². The molecule has 0 saturated heterocycles. The Morgan fingerprint density at radius 2 is 2.36 bits per heavy atom. The summed E-state index contributed by atoms with van der Waals surface area (Å²) in [7, 11) is 0. The summed E-state index contributed by atoms with van der Waals surface area (Å²) in [5, 5.41) is 0.368. The summed E-state index contributed by atoms with van der Waals surface area (Å²) in [5.74, 6) is -0.503. The summed E-state index contributed by atoms with van der Waals surface area (Å²) < 4.78 is 13.2. The number of rotatable bonds is 0. The molecule has 0 radical (unpaired) electrons. The van der Waals surface area contributed by atoms with Crippen LogP contribution < -0.4 is 5.73 Å². The number of nitrogens with two attached hydrogens (primary N) is 1. The molecule has 0 bridgehead atoms. The van der Waals surface area contributed by atoms with Gasteiger partial charge in [0.2, 0.25) is 5.95 Å². The van der Waals surface area contributed by atoms with E-state index in [1.165, 1.54) is 6.20 Å². The zero-order valence-corrected chi connectivity index (χ0v) is 6.23. The first-order chi connectivity index (χ1) is 5.27. The van der Waals surface area contributed by atoms with Crippen molar-refractivity contribution in [3.05, 3.63) is 18.2 Å². The van der Waals surface area contributed by atoms with Crippen molar-refractivity contribution >= 4 is 26.7 Å². The quantitative estimate of drug-likeness (QED) is 0.606. The standard InChI is InChI=1S/C6H4FN3S/c7-5-4-3(1-2-9-5)10-6(8)11-4/h1-2H,(H2,8,10). The molecular weight excluding hydrogens is 165 g/mol. The fraction of sp³-hybridized carbons (Fsp3) is 0. The minimum Gasteiger partial charge on any atom is -0.375 e. The molecule has 0 unspecified atom stereocenters. The third-order valence-corrected chi connectivity index (χ3v) is 2.16. The summed E-state index contributed by atoms with van der Waals surface area (Å²) >= 11 is 1.11. The number of fused-ring (bicyclic) bond motifs is 1. The Morgan fingerprint density at radius 3 is 3.09 bits per heavy atom. The average Bonchev–Trinajstić information content (AvgIpc) is 2.31. The van der Waals surface area contributed by atoms with E-state index >= 15 is 0 Å². The van der Waals surface area contributed by atoms with Gasteiger partial charge in [-0.1, -0.05) is 11.3 Å². The van der Waals surface area contributed by atoms with Gasteiger partial charge >= 0.3 is 0 Å². The molecule has 56 valence electrons. The van der Waals surface area contributed by atoms with Crippen LogP contribution >= 0.6 is 11.3 Å². The molecular formula is C6H4FN3S. The minimum atomic E-state index is -0.503. The highest BCUT2D eigenvalue weighted by molar-refractivity contribution is 7.22. The van der Waals surface area contributed by atoms with Gasteiger partial charge in [0.25, 0.3) is 0 Å². The van der Waals surface area contributed by atoms with E-state index in [1.54, 1.807) is 6.07 Å². The van der Waals surface area contributed by atoms with Crippen molar-refractivity contribution in [3.8, 4) is 0 Å². The van der Waals surface area contributed by atoms with Crippen LogP contribution in [0.25, 0.3) is 10.2 Å². The number of thiazole rings is 1. The Kier molecular flexibility index (Phi) is 1.25. The summed E-state index contributed by atoms with van der Waals surface area (Å²) in [6.45, 7) is 0. The van der Waals surface area contributed by atoms with E-state index in [1.807, 2.05) is 0 Å². The van der Waals surface area contributed by atoms with E-state index in [0.717, 1.165) is 11.3 Å². The maximum atomic E-state index is 12.8. The first kappa shape index (κ1) is 6.48. The second kappa shape index (κ2) is 2.13. The van der Waals surface area contributed by atoms with Crippen molar-refractivity contribution in [1.82, 2.24) is 9.97 Å². The zero-order valence-electron chi connectivity index (χ0n) is 5.41. The molecule has 2 rings (SSSR count). The fourth-order valence-corrected chi connectivity index (χ4v) is 1.55. The van der Waals surface area contributed by atoms with E-state index in [0.29, 0.717) is 15.3 Å². The van der Waals surface area contributed by atoms with E-state index in [9.17, 15) is 4.39 Å². The summed E-state index contributed by atoms with van der Waals surface area (Å²) in [6.07, 6.45) is 1.37. The second-order valence-electron chi connectivity index (χ2n) is 2.00. The molecule has 0 fully saturated rings. The van der Waals surface area contributed by atoms with Gasteiger partial charge in [-0.15, -0.1) is 0 Å². The van der Waals surface area contributed by atoms with Gasteiger partial charge in [0.15, 0.2) is 5.13 Å². The van der Waals surface area contributed by atoms with E-state index in [4.69, 9.17) is 5.73 Å². The van der Waals surface area contributed by atoms with Gasteiger partial charge in [-0.2, -0.15) is 4.39 Å². The highest BCUT2D eigenvalue weighted by atomic mass is 32.1. The lowest BCUT2D eigenvalue weighted by molar-refractivity contribution is 0.598. The summed E-state index contributed by atoms with van der Waals surface area (Å²) in [6, 6.07) is 1.63. The van der Waals surface area contributed by atoms with Gasteiger partial charge in [0.1, 0.15) is 4.70 Å². The Bertz CT molecular complexity index is 398. The van der Waals surface area contributed by atoms with Gasteiger partial charge in [-0.3, -0.25) is 0 Å². The number of hydrogen-bond donors (Lipinski definition) is 1. The number of pyridine rings is 1. The molecule has 0 amide bonds. The maximum absolute atomic E-state index is 12.8. The second-order valence-corrected chi connectivity index (χ2v) is 3.03. The van der Waals surface area contributed by atoms with Gasteiger partial charge in [0.05, 0.1) is 5.52 Å². The largest absolute Gasteiger partial charge is 0.375 e. The molecule has 2 aromatic heterocycles. The normalized spacial score (nSPS) is 10.6. The Morgan fingerprint density at radius 1 is 1.55 bits per heavy atom. The fourth-order valence-electron chi connectivity index (χ4n) is 0.842. The van der Waals surface area contributed by atoms with Crippen molar-refractivity contribution in [3.63, 3.8) is 0 Å². The Hall–Kier alpha value is -1.23. The molecule has 5 heteroatoms. The Labute approximate surface area is 65.7 Å². The van der Waals surface area contributed by atoms with Crippen LogP contribution in [0.2, 0.25) is 0 Å². The lowest BCUT2D eigenvalue weighted by Gasteiger charge is -1.85. The molecule has 2 heterocycles. The molecule has 0 atom stereocenters. The molecule has 0 spiro atoms. The van der Waals surface area contributed by atoms with Crippen LogP contribution in [0, 0.1) is 5.95 Å². The van der Waals surface area contributed by atoms with Crippen molar-refractivity contribution in [2.75, 3.05) is 5.73 Å². The van der Waals surface area contributed by atoms with Crippen LogP contribution in [0.1, 0.15) is 0 Å². The number of anilines is 1. The van der Waals surface area contributed by atoms with Crippen LogP contribution in [0.5, 0.6) is 0 Å². The number of halogens is 1.